The van der Waals surface area contributed by atoms with Crippen LogP contribution in [0.1, 0.15) is 12.0 Å². The molecule has 2 rings (SSSR count). The summed E-state index contributed by atoms with van der Waals surface area (Å²) in [4.78, 5) is 22.2. The van der Waals surface area contributed by atoms with E-state index in [2.05, 4.69) is 0 Å². The van der Waals surface area contributed by atoms with Crippen LogP contribution in [0.4, 0.5) is 0 Å². The predicted octanol–water partition coefficient (Wildman–Crippen LogP) is 1.61. The minimum absolute atomic E-state index is 0.0320. The molecule has 0 unspecified atom stereocenters. The van der Waals surface area contributed by atoms with Crippen LogP contribution in [0, 0.1) is 0 Å². The molecule has 0 spiro atoms. The quantitative estimate of drug-likeness (QED) is 0.603. The van der Waals surface area contributed by atoms with E-state index in [1.165, 1.54) is 6.08 Å². The van der Waals surface area contributed by atoms with E-state index in [4.69, 9.17) is 0 Å². The van der Waals surface area contributed by atoms with Crippen molar-refractivity contribution >= 4 is 17.1 Å². The molecule has 0 fully saturated rings. The summed E-state index contributed by atoms with van der Waals surface area (Å²) in [5.41, 5.74) is 1.38. The second-order valence-corrected chi connectivity index (χ2v) is 2.99. The number of ketones is 2. The van der Waals surface area contributed by atoms with Crippen molar-refractivity contribution in [3.05, 3.63) is 42.0 Å². The van der Waals surface area contributed by atoms with E-state index in [0.29, 0.717) is 5.57 Å². The molecule has 2 nitrogen and oxygen atoms in total. The molecular formula is C11H8O2. The molecule has 0 saturated carbocycles. The van der Waals surface area contributed by atoms with E-state index in [9.17, 15) is 9.59 Å². The summed E-state index contributed by atoms with van der Waals surface area (Å²) in [6.07, 6.45) is 1.46. The van der Waals surface area contributed by atoms with Crippen LogP contribution in [-0.4, -0.2) is 11.6 Å². The van der Waals surface area contributed by atoms with Gasteiger partial charge in [0, 0.05) is 5.57 Å². The molecule has 1 aliphatic carbocycles. The normalized spacial score (nSPS) is 16.2. The topological polar surface area (TPSA) is 34.1 Å². The predicted molar refractivity (Wildman–Crippen MR) is 49.1 cm³/mol. The molecule has 1 aliphatic rings. The SMILES string of the molecule is O=C1C=C(c2ccccc2)C(=O)C1. The number of benzene rings is 1. The van der Waals surface area contributed by atoms with Gasteiger partial charge >= 0.3 is 0 Å². The van der Waals surface area contributed by atoms with E-state index in [-0.39, 0.29) is 18.0 Å². The molecule has 1 aromatic rings. The molecule has 2 heteroatoms. The highest BCUT2D eigenvalue weighted by Gasteiger charge is 2.22. The Morgan fingerprint density at radius 3 is 2.23 bits per heavy atom. The van der Waals surface area contributed by atoms with Crippen molar-refractivity contribution in [3.8, 4) is 0 Å². The van der Waals surface area contributed by atoms with Crippen LogP contribution in [0.2, 0.25) is 0 Å². The molecule has 64 valence electrons. The van der Waals surface area contributed by atoms with Crippen molar-refractivity contribution in [2.75, 3.05) is 0 Å². The fourth-order valence-corrected chi connectivity index (χ4v) is 1.41. The Hall–Kier alpha value is -1.70. The second-order valence-electron chi connectivity index (χ2n) is 2.99. The number of allylic oxidation sites excluding steroid dienone is 2. The first kappa shape index (κ1) is 7.92. The van der Waals surface area contributed by atoms with Crippen LogP contribution in [0.25, 0.3) is 5.57 Å². The van der Waals surface area contributed by atoms with Gasteiger partial charge < -0.3 is 0 Å². The van der Waals surface area contributed by atoms with Gasteiger partial charge in [0.15, 0.2) is 11.6 Å². The van der Waals surface area contributed by atoms with E-state index >= 15 is 0 Å². The van der Waals surface area contributed by atoms with Crippen molar-refractivity contribution in [2.45, 2.75) is 6.42 Å². The average molecular weight is 172 g/mol. The van der Waals surface area contributed by atoms with Crippen LogP contribution in [0.15, 0.2) is 36.4 Å². The lowest BCUT2D eigenvalue weighted by atomic mass is 10.1. The fraction of sp³-hybridized carbons (Fsp3) is 0.0909. The van der Waals surface area contributed by atoms with E-state index in [1.54, 1.807) is 0 Å². The smallest absolute Gasteiger partial charge is 0.171 e. The summed E-state index contributed by atoms with van der Waals surface area (Å²) in [5.74, 6) is -0.167. The standard InChI is InChI=1S/C11H8O2/c12-9-6-10(11(13)7-9)8-4-2-1-3-5-8/h1-6H,7H2. The lowest BCUT2D eigenvalue weighted by Gasteiger charge is -1.97. The minimum Gasteiger partial charge on any atom is -0.294 e. The van der Waals surface area contributed by atoms with Gasteiger partial charge in [-0.1, -0.05) is 30.3 Å². The van der Waals surface area contributed by atoms with Crippen LogP contribution < -0.4 is 0 Å². The lowest BCUT2D eigenvalue weighted by molar-refractivity contribution is -0.120. The van der Waals surface area contributed by atoms with Gasteiger partial charge in [0.1, 0.15) is 0 Å². The largest absolute Gasteiger partial charge is 0.294 e. The molecule has 13 heavy (non-hydrogen) atoms. The molecule has 0 atom stereocenters. The van der Waals surface area contributed by atoms with Crippen molar-refractivity contribution in [1.82, 2.24) is 0 Å². The van der Waals surface area contributed by atoms with Crippen molar-refractivity contribution in [2.24, 2.45) is 0 Å². The maximum atomic E-state index is 11.3. The van der Waals surface area contributed by atoms with Crippen molar-refractivity contribution < 1.29 is 9.59 Å². The summed E-state index contributed by atoms with van der Waals surface area (Å²) in [6.45, 7) is 0. The van der Waals surface area contributed by atoms with Crippen LogP contribution in [0.3, 0.4) is 0 Å². The van der Waals surface area contributed by atoms with Gasteiger partial charge in [-0.3, -0.25) is 9.59 Å². The van der Waals surface area contributed by atoms with Gasteiger partial charge in [-0.05, 0) is 11.6 Å². The number of carbonyl (C=O) groups excluding carboxylic acids is 2. The third-order valence-electron chi connectivity index (χ3n) is 2.03. The first-order valence-corrected chi connectivity index (χ1v) is 4.10. The molecule has 0 aromatic heterocycles. The number of rotatable bonds is 1. The van der Waals surface area contributed by atoms with E-state index in [0.717, 1.165) is 5.56 Å². The third kappa shape index (κ3) is 1.43. The average Bonchev–Trinajstić information content (AvgIpc) is 2.47. The Balaban J connectivity index is 2.43. The summed E-state index contributed by atoms with van der Waals surface area (Å²) < 4.78 is 0. The first-order valence-electron chi connectivity index (χ1n) is 4.10. The Kier molecular flexibility index (Phi) is 1.81. The lowest BCUT2D eigenvalue weighted by Crippen LogP contribution is -1.96. The highest BCUT2D eigenvalue weighted by Crippen LogP contribution is 2.21. The number of Topliss-reactive ketones (excluding diaryl/α,β-unsaturated/α-hetero) is 1. The highest BCUT2D eigenvalue weighted by atomic mass is 16.2. The highest BCUT2D eigenvalue weighted by molar-refractivity contribution is 6.35. The maximum absolute atomic E-state index is 11.3. The van der Waals surface area contributed by atoms with Gasteiger partial charge in [-0.2, -0.15) is 0 Å². The Morgan fingerprint density at radius 1 is 1.00 bits per heavy atom. The molecular weight excluding hydrogens is 164 g/mol. The molecule has 1 aromatic carbocycles. The summed E-state index contributed by atoms with van der Waals surface area (Å²) in [5, 5.41) is 0. The molecule has 0 amide bonds. The first-order chi connectivity index (χ1) is 6.27. The molecule has 0 radical (unpaired) electrons. The second kappa shape index (κ2) is 2.98. The molecule has 0 aliphatic heterocycles. The number of hydrogen-bond donors (Lipinski definition) is 0. The molecule has 0 bridgehead atoms. The fourth-order valence-electron chi connectivity index (χ4n) is 1.41. The Bertz CT molecular complexity index is 388. The van der Waals surface area contributed by atoms with E-state index in [1.807, 2.05) is 30.3 Å². The zero-order valence-electron chi connectivity index (χ0n) is 6.99. The van der Waals surface area contributed by atoms with Crippen molar-refractivity contribution in [1.29, 1.82) is 0 Å². The minimum atomic E-state index is -0.0937. The third-order valence-corrected chi connectivity index (χ3v) is 2.03. The van der Waals surface area contributed by atoms with Gasteiger partial charge in [0.2, 0.25) is 0 Å². The van der Waals surface area contributed by atoms with Crippen LogP contribution in [0.5, 0.6) is 0 Å². The molecule has 0 heterocycles. The van der Waals surface area contributed by atoms with Crippen LogP contribution in [-0.2, 0) is 9.59 Å². The summed E-state index contributed by atoms with van der Waals surface area (Å²) >= 11 is 0. The summed E-state index contributed by atoms with van der Waals surface area (Å²) in [6, 6.07) is 9.26. The monoisotopic (exact) mass is 172 g/mol. The van der Waals surface area contributed by atoms with Gasteiger partial charge in [0.25, 0.3) is 0 Å². The number of hydrogen-bond acceptors (Lipinski definition) is 2. The Morgan fingerprint density at radius 2 is 1.69 bits per heavy atom. The zero-order chi connectivity index (χ0) is 9.26. The molecule has 0 N–H and O–H groups in total. The summed E-state index contributed by atoms with van der Waals surface area (Å²) in [7, 11) is 0. The Labute approximate surface area is 75.9 Å². The number of carbonyl (C=O) groups is 2. The molecule has 0 saturated heterocycles. The van der Waals surface area contributed by atoms with Gasteiger partial charge in [0.05, 0.1) is 6.42 Å². The van der Waals surface area contributed by atoms with Crippen LogP contribution >= 0.6 is 0 Å². The van der Waals surface area contributed by atoms with Crippen molar-refractivity contribution in [3.63, 3.8) is 0 Å². The van der Waals surface area contributed by atoms with E-state index < -0.39 is 0 Å². The van der Waals surface area contributed by atoms with Gasteiger partial charge in [-0.15, -0.1) is 0 Å². The zero-order valence-corrected chi connectivity index (χ0v) is 6.99. The maximum Gasteiger partial charge on any atom is 0.171 e. The van der Waals surface area contributed by atoms with Gasteiger partial charge in [-0.25, -0.2) is 0 Å².